The highest BCUT2D eigenvalue weighted by Gasteiger charge is 2.52. The van der Waals surface area contributed by atoms with Gasteiger partial charge >= 0.3 is 6.36 Å². The molecule has 1 aromatic carbocycles. The number of halogens is 4. The predicted molar refractivity (Wildman–Crippen MR) is 113 cm³/mol. The summed E-state index contributed by atoms with van der Waals surface area (Å²) in [6.45, 7) is -0.0330. The Morgan fingerprint density at radius 1 is 1.12 bits per heavy atom. The normalized spacial score (nSPS) is 30.6. The number of nitriles is 1. The van der Waals surface area contributed by atoms with Crippen molar-refractivity contribution in [2.24, 2.45) is 5.41 Å². The summed E-state index contributed by atoms with van der Waals surface area (Å²) < 4.78 is 54.4. The fourth-order valence-electron chi connectivity index (χ4n) is 5.34. The quantitative estimate of drug-likeness (QED) is 0.604. The van der Waals surface area contributed by atoms with E-state index in [1.807, 2.05) is 6.07 Å². The summed E-state index contributed by atoms with van der Waals surface area (Å²) in [6, 6.07) is 6.29. The second-order valence-electron chi connectivity index (χ2n) is 9.46. The molecular weight excluding hydrogens is 456 g/mol. The largest absolute Gasteiger partial charge is 0.573 e. The van der Waals surface area contributed by atoms with Gasteiger partial charge in [-0.15, -0.1) is 13.2 Å². The number of benzene rings is 1. The lowest BCUT2D eigenvalue weighted by Crippen LogP contribution is -2.59. The Balaban J connectivity index is 1.30. The first-order valence-electron chi connectivity index (χ1n) is 11.3. The average molecular weight is 482 g/mol. The Bertz CT molecular complexity index is 951. The molecule has 1 aliphatic heterocycles. The molecule has 4 aliphatic rings. The van der Waals surface area contributed by atoms with Gasteiger partial charge in [-0.05, 0) is 62.8 Å². The number of ether oxygens (including phenoxy) is 1. The van der Waals surface area contributed by atoms with Crippen LogP contribution in [0, 0.1) is 16.7 Å². The maximum atomic E-state index is 13.6. The molecule has 3 saturated carbocycles. The molecule has 0 spiro atoms. The first-order chi connectivity index (χ1) is 16.0. The lowest BCUT2D eigenvalue weighted by atomic mass is 9.57. The molecule has 2 bridgehead atoms. The molecule has 1 heterocycles. The summed E-state index contributed by atoms with van der Waals surface area (Å²) >= 11 is 0. The van der Waals surface area contributed by atoms with Crippen LogP contribution in [0.4, 0.5) is 23.2 Å². The van der Waals surface area contributed by atoms with E-state index in [4.69, 9.17) is 5.26 Å². The lowest BCUT2D eigenvalue weighted by Gasteiger charge is -2.52. The number of hydrogen-bond donors (Lipinski definition) is 2. The van der Waals surface area contributed by atoms with Gasteiger partial charge in [0.1, 0.15) is 18.0 Å². The monoisotopic (exact) mass is 482 g/mol. The van der Waals surface area contributed by atoms with Gasteiger partial charge in [-0.3, -0.25) is 9.59 Å². The third kappa shape index (κ3) is 5.12. The van der Waals surface area contributed by atoms with Crippen molar-refractivity contribution in [3.8, 4) is 11.8 Å². The number of nitrogens with one attached hydrogen (secondary N) is 2. The van der Waals surface area contributed by atoms with Gasteiger partial charge in [0, 0.05) is 23.1 Å². The van der Waals surface area contributed by atoms with Crippen LogP contribution >= 0.6 is 0 Å². The number of likely N-dealkylation sites (tertiary alicyclic amines) is 1. The average Bonchev–Trinajstić information content (AvgIpc) is 3.20. The van der Waals surface area contributed by atoms with Gasteiger partial charge in [-0.1, -0.05) is 0 Å². The van der Waals surface area contributed by atoms with Crippen molar-refractivity contribution < 1.29 is 31.9 Å². The van der Waals surface area contributed by atoms with Crippen LogP contribution in [-0.4, -0.2) is 53.9 Å². The van der Waals surface area contributed by atoms with E-state index in [1.165, 1.54) is 17.0 Å². The SMILES string of the molecule is N#C[C@@H]1C[C@H](F)CN1C(=O)CNC12CCC(C(=O)Nc3ccc(OC(F)(F)F)cc3)(CC1)CC2. The second kappa shape index (κ2) is 9.06. The maximum absolute atomic E-state index is 13.6. The maximum Gasteiger partial charge on any atom is 0.573 e. The summed E-state index contributed by atoms with van der Waals surface area (Å²) in [7, 11) is 0. The molecule has 1 saturated heterocycles. The highest BCUT2D eigenvalue weighted by atomic mass is 19.4. The Morgan fingerprint density at radius 3 is 2.29 bits per heavy atom. The standard InChI is InChI=1S/C23H26F4N4O3/c24-15-11-17(12-28)31(14-15)19(32)13-29-22-8-5-21(6-9-22,7-10-22)20(33)30-16-1-3-18(4-2-16)34-23(25,26)27/h1-4,15,17,29H,5-11,13-14H2,(H,30,33)/t15-,17-,21?,22?/m0/s1. The zero-order valence-corrected chi connectivity index (χ0v) is 18.5. The van der Waals surface area contributed by atoms with Crippen molar-refractivity contribution in [2.45, 2.75) is 69.1 Å². The van der Waals surface area contributed by atoms with E-state index < -0.39 is 24.0 Å². The minimum atomic E-state index is -4.78. The summed E-state index contributed by atoms with van der Waals surface area (Å²) in [5, 5.41) is 15.3. The number of fused-ring (bicyclic) bond motifs is 3. The number of anilines is 1. The zero-order valence-electron chi connectivity index (χ0n) is 18.5. The predicted octanol–water partition coefficient (Wildman–Crippen LogP) is 3.67. The van der Waals surface area contributed by atoms with E-state index >= 15 is 0 Å². The molecule has 0 unspecified atom stereocenters. The third-order valence-corrected chi connectivity index (χ3v) is 7.41. The van der Waals surface area contributed by atoms with E-state index in [0.717, 1.165) is 12.1 Å². The molecule has 184 valence electrons. The van der Waals surface area contributed by atoms with Crippen LogP contribution in [0.5, 0.6) is 5.75 Å². The van der Waals surface area contributed by atoms with Crippen molar-refractivity contribution in [2.75, 3.05) is 18.4 Å². The number of hydrogen-bond acceptors (Lipinski definition) is 5. The number of alkyl halides is 4. The fourth-order valence-corrected chi connectivity index (χ4v) is 5.34. The number of rotatable bonds is 6. The van der Waals surface area contributed by atoms with Gasteiger partial charge in [-0.25, -0.2) is 4.39 Å². The molecule has 2 amide bonds. The van der Waals surface area contributed by atoms with Crippen LogP contribution in [0.2, 0.25) is 0 Å². The molecule has 7 nitrogen and oxygen atoms in total. The number of carbonyl (C=O) groups is 2. The van der Waals surface area contributed by atoms with Gasteiger partial charge in [0.25, 0.3) is 0 Å². The summed E-state index contributed by atoms with van der Waals surface area (Å²) in [5.41, 5.74) is -0.439. The van der Waals surface area contributed by atoms with Crippen molar-refractivity contribution >= 4 is 17.5 Å². The van der Waals surface area contributed by atoms with Crippen molar-refractivity contribution in [3.63, 3.8) is 0 Å². The Kier molecular flexibility index (Phi) is 6.46. The van der Waals surface area contributed by atoms with Gasteiger partial charge in [0.05, 0.1) is 19.2 Å². The minimum absolute atomic E-state index is 0.0242. The molecule has 0 aromatic heterocycles. The third-order valence-electron chi connectivity index (χ3n) is 7.41. The Labute approximate surface area is 194 Å². The van der Waals surface area contributed by atoms with Gasteiger partial charge in [0.15, 0.2) is 0 Å². The van der Waals surface area contributed by atoms with Crippen LogP contribution in [0.3, 0.4) is 0 Å². The molecule has 0 radical (unpaired) electrons. The van der Waals surface area contributed by atoms with Crippen LogP contribution < -0.4 is 15.4 Å². The summed E-state index contributed by atoms with van der Waals surface area (Å²) in [6.07, 6.45) is -1.98. The van der Waals surface area contributed by atoms with Crippen LogP contribution in [0.15, 0.2) is 24.3 Å². The van der Waals surface area contributed by atoms with Gasteiger partial charge < -0.3 is 20.3 Å². The van der Waals surface area contributed by atoms with E-state index in [2.05, 4.69) is 15.4 Å². The second-order valence-corrected chi connectivity index (χ2v) is 9.46. The topological polar surface area (TPSA) is 94.5 Å². The van der Waals surface area contributed by atoms with E-state index in [0.29, 0.717) is 44.2 Å². The highest BCUT2D eigenvalue weighted by molar-refractivity contribution is 5.95. The van der Waals surface area contributed by atoms with Crippen LogP contribution in [-0.2, 0) is 9.59 Å². The first-order valence-corrected chi connectivity index (χ1v) is 11.3. The molecule has 1 aromatic rings. The Morgan fingerprint density at radius 2 is 1.74 bits per heavy atom. The molecule has 34 heavy (non-hydrogen) atoms. The van der Waals surface area contributed by atoms with E-state index in [1.54, 1.807) is 0 Å². The lowest BCUT2D eigenvalue weighted by molar-refractivity contribution is -0.274. The van der Waals surface area contributed by atoms with Crippen molar-refractivity contribution in [1.82, 2.24) is 10.2 Å². The molecule has 3 aliphatic carbocycles. The number of carbonyl (C=O) groups excluding carboxylic acids is 2. The molecule has 4 fully saturated rings. The van der Waals surface area contributed by atoms with E-state index in [-0.39, 0.29) is 42.6 Å². The zero-order chi connectivity index (χ0) is 24.6. The fraction of sp³-hybridized carbons (Fsp3) is 0.609. The summed E-state index contributed by atoms with van der Waals surface area (Å²) in [4.78, 5) is 26.9. The number of amides is 2. The van der Waals surface area contributed by atoms with Gasteiger partial charge in [0.2, 0.25) is 11.8 Å². The molecular formula is C23H26F4N4O3. The molecule has 2 atom stereocenters. The molecule has 2 N–H and O–H groups in total. The Hall–Kier alpha value is -2.87. The minimum Gasteiger partial charge on any atom is -0.406 e. The van der Waals surface area contributed by atoms with E-state index in [9.17, 15) is 27.2 Å². The van der Waals surface area contributed by atoms with Crippen molar-refractivity contribution in [3.05, 3.63) is 24.3 Å². The van der Waals surface area contributed by atoms with Crippen LogP contribution in [0.25, 0.3) is 0 Å². The highest BCUT2D eigenvalue weighted by Crippen LogP contribution is 2.52. The smallest absolute Gasteiger partial charge is 0.406 e. The molecule has 5 rings (SSSR count). The van der Waals surface area contributed by atoms with Crippen LogP contribution in [0.1, 0.15) is 44.9 Å². The summed E-state index contributed by atoms with van der Waals surface area (Å²) in [5.74, 6) is -0.815. The van der Waals surface area contributed by atoms with Crippen molar-refractivity contribution in [1.29, 1.82) is 5.26 Å². The number of nitrogens with zero attached hydrogens (tertiary/aromatic N) is 2. The first kappa shape index (κ1) is 24.3. The molecule has 11 heteroatoms. The van der Waals surface area contributed by atoms with Gasteiger partial charge in [-0.2, -0.15) is 5.26 Å².